The first-order valence-corrected chi connectivity index (χ1v) is 13.6. The number of sulfonamides is 1. The summed E-state index contributed by atoms with van der Waals surface area (Å²) in [5, 5.41) is 2.93. The lowest BCUT2D eigenvalue weighted by Crippen LogP contribution is -2.53. The number of carbonyl (C=O) groups excluding carboxylic acids is 2. The molecule has 1 N–H and O–H groups in total. The zero-order valence-corrected chi connectivity index (χ0v) is 21.6. The van der Waals surface area contributed by atoms with Crippen molar-refractivity contribution in [3.05, 3.63) is 65.7 Å². The third-order valence-corrected chi connectivity index (χ3v) is 7.10. The van der Waals surface area contributed by atoms with Gasteiger partial charge in [0.2, 0.25) is 21.8 Å². The molecule has 0 aliphatic heterocycles. The van der Waals surface area contributed by atoms with Crippen molar-refractivity contribution in [3.8, 4) is 0 Å². The van der Waals surface area contributed by atoms with Gasteiger partial charge in [-0.25, -0.2) is 8.42 Å². The Kier molecular flexibility index (Phi) is 10.1. The Bertz CT molecular complexity index is 1040. The van der Waals surface area contributed by atoms with Crippen LogP contribution in [0.5, 0.6) is 0 Å². The van der Waals surface area contributed by atoms with Crippen molar-refractivity contribution in [2.24, 2.45) is 0 Å². The molecule has 0 saturated heterocycles. The van der Waals surface area contributed by atoms with Gasteiger partial charge in [0, 0.05) is 12.6 Å². The van der Waals surface area contributed by atoms with Crippen LogP contribution in [0.4, 0.5) is 5.69 Å². The lowest BCUT2D eigenvalue weighted by atomic mass is 10.1. The number of nitrogens with zero attached hydrogens (tertiary/aromatic N) is 2. The molecule has 0 unspecified atom stereocenters. The number of aryl methyl sites for hydroxylation is 1. The molecule has 34 heavy (non-hydrogen) atoms. The predicted octanol–water partition coefficient (Wildman–Crippen LogP) is 3.39. The fourth-order valence-corrected chi connectivity index (χ4v) is 4.40. The fraction of sp³-hybridized carbons (Fsp3) is 0.462. The van der Waals surface area contributed by atoms with Gasteiger partial charge in [0.25, 0.3) is 0 Å². The minimum absolute atomic E-state index is 0.0226. The molecule has 2 amide bonds. The maximum Gasteiger partial charge on any atom is 0.244 e. The van der Waals surface area contributed by atoms with E-state index in [1.165, 1.54) is 4.90 Å². The van der Waals surface area contributed by atoms with Crippen LogP contribution >= 0.6 is 0 Å². The zero-order chi connectivity index (χ0) is 25.3. The average molecular weight is 488 g/mol. The molecule has 2 aromatic carbocycles. The number of hydrogen-bond donors (Lipinski definition) is 1. The van der Waals surface area contributed by atoms with E-state index >= 15 is 0 Å². The molecule has 0 aromatic heterocycles. The van der Waals surface area contributed by atoms with E-state index in [1.807, 2.05) is 63.2 Å². The summed E-state index contributed by atoms with van der Waals surface area (Å²) in [6, 6.07) is 16.1. The molecule has 0 bridgehead atoms. The van der Waals surface area contributed by atoms with E-state index < -0.39 is 22.0 Å². The van der Waals surface area contributed by atoms with Gasteiger partial charge in [-0.1, -0.05) is 56.3 Å². The molecule has 0 aliphatic carbocycles. The highest BCUT2D eigenvalue weighted by atomic mass is 32.2. The Morgan fingerprint density at radius 2 is 1.56 bits per heavy atom. The van der Waals surface area contributed by atoms with E-state index in [0.29, 0.717) is 18.7 Å². The molecule has 0 spiro atoms. The number of carbonyl (C=O) groups is 2. The summed E-state index contributed by atoms with van der Waals surface area (Å²) in [7, 11) is -3.72. The number of nitrogens with one attached hydrogen (secondary N) is 1. The summed E-state index contributed by atoms with van der Waals surface area (Å²) in [6.07, 6.45) is 3.24. The Morgan fingerprint density at radius 1 is 0.941 bits per heavy atom. The lowest BCUT2D eigenvalue weighted by Gasteiger charge is -2.32. The minimum atomic E-state index is -3.72. The van der Waals surface area contributed by atoms with Gasteiger partial charge in [-0.15, -0.1) is 0 Å². The number of anilines is 1. The summed E-state index contributed by atoms with van der Waals surface area (Å²) in [6.45, 7) is 7.50. The first kappa shape index (κ1) is 27.4. The summed E-state index contributed by atoms with van der Waals surface area (Å²) in [4.78, 5) is 27.8. The van der Waals surface area contributed by atoms with E-state index in [4.69, 9.17) is 0 Å². The molecule has 2 atom stereocenters. The summed E-state index contributed by atoms with van der Waals surface area (Å²) in [5.74, 6) is -0.679. The van der Waals surface area contributed by atoms with Crippen LogP contribution in [0.3, 0.4) is 0 Å². The number of rotatable bonds is 12. The third kappa shape index (κ3) is 7.87. The van der Waals surface area contributed by atoms with Gasteiger partial charge in [-0.2, -0.15) is 0 Å². The quantitative estimate of drug-likeness (QED) is 0.497. The van der Waals surface area contributed by atoms with Gasteiger partial charge in [-0.05, 0) is 56.4 Å². The molecule has 0 aliphatic rings. The highest BCUT2D eigenvalue weighted by Crippen LogP contribution is 2.19. The van der Waals surface area contributed by atoms with E-state index in [1.54, 1.807) is 19.1 Å². The smallest absolute Gasteiger partial charge is 0.244 e. The maximum atomic E-state index is 13.5. The van der Waals surface area contributed by atoms with Crippen molar-refractivity contribution < 1.29 is 18.0 Å². The lowest BCUT2D eigenvalue weighted by molar-refractivity contribution is -0.139. The van der Waals surface area contributed by atoms with E-state index in [2.05, 4.69) is 5.32 Å². The Labute approximate surface area is 204 Å². The van der Waals surface area contributed by atoms with Gasteiger partial charge in [0.1, 0.15) is 12.6 Å². The molecular weight excluding hydrogens is 450 g/mol. The Morgan fingerprint density at radius 3 is 2.09 bits per heavy atom. The van der Waals surface area contributed by atoms with E-state index in [0.717, 1.165) is 34.5 Å². The Hall–Kier alpha value is -2.87. The second-order valence-corrected chi connectivity index (χ2v) is 10.5. The molecule has 0 radical (unpaired) electrons. The number of hydrogen-bond acceptors (Lipinski definition) is 4. The van der Waals surface area contributed by atoms with Crippen LogP contribution in [-0.4, -0.2) is 56.6 Å². The van der Waals surface area contributed by atoms with Crippen molar-refractivity contribution in [1.29, 1.82) is 0 Å². The topological polar surface area (TPSA) is 86.8 Å². The van der Waals surface area contributed by atoms with Crippen molar-refractivity contribution in [1.82, 2.24) is 10.2 Å². The van der Waals surface area contributed by atoms with Crippen molar-refractivity contribution in [2.75, 3.05) is 23.7 Å². The zero-order valence-electron chi connectivity index (χ0n) is 20.8. The van der Waals surface area contributed by atoms with Crippen molar-refractivity contribution in [2.45, 2.75) is 59.0 Å². The molecule has 2 aromatic rings. The van der Waals surface area contributed by atoms with Gasteiger partial charge < -0.3 is 10.2 Å². The first-order chi connectivity index (χ1) is 16.1. The molecule has 186 valence electrons. The van der Waals surface area contributed by atoms with Crippen LogP contribution in [0.1, 0.15) is 45.2 Å². The van der Waals surface area contributed by atoms with Gasteiger partial charge >= 0.3 is 0 Å². The fourth-order valence-electron chi connectivity index (χ4n) is 3.55. The number of benzene rings is 2. The van der Waals surface area contributed by atoms with Crippen LogP contribution in [0.15, 0.2) is 54.6 Å². The van der Waals surface area contributed by atoms with Gasteiger partial charge in [0.05, 0.1) is 11.9 Å². The highest BCUT2D eigenvalue weighted by Gasteiger charge is 2.30. The van der Waals surface area contributed by atoms with Crippen LogP contribution < -0.4 is 9.62 Å². The number of amides is 2. The second-order valence-electron chi connectivity index (χ2n) is 8.61. The average Bonchev–Trinajstić information content (AvgIpc) is 2.82. The normalized spacial score (nSPS) is 13.1. The minimum Gasteiger partial charge on any atom is -0.352 e. The van der Waals surface area contributed by atoms with E-state index in [-0.39, 0.29) is 18.5 Å². The Balaban J connectivity index is 2.29. The largest absolute Gasteiger partial charge is 0.352 e. The summed E-state index contributed by atoms with van der Waals surface area (Å²) < 4.78 is 26.3. The maximum absolute atomic E-state index is 13.5. The van der Waals surface area contributed by atoms with Crippen LogP contribution in [0.2, 0.25) is 0 Å². The molecule has 7 nitrogen and oxygen atoms in total. The highest BCUT2D eigenvalue weighted by molar-refractivity contribution is 7.92. The van der Waals surface area contributed by atoms with Gasteiger partial charge in [0.15, 0.2) is 0 Å². The van der Waals surface area contributed by atoms with Gasteiger partial charge in [-0.3, -0.25) is 13.9 Å². The molecule has 0 saturated carbocycles. The molecule has 0 fully saturated rings. The third-order valence-electron chi connectivity index (χ3n) is 5.96. The molecular formula is C26H37N3O4S. The summed E-state index contributed by atoms with van der Waals surface area (Å²) in [5.41, 5.74) is 2.53. The summed E-state index contributed by atoms with van der Waals surface area (Å²) >= 11 is 0. The molecule has 8 heteroatoms. The van der Waals surface area contributed by atoms with Crippen LogP contribution in [-0.2, 0) is 32.5 Å². The van der Waals surface area contributed by atoms with Crippen LogP contribution in [0.25, 0.3) is 0 Å². The predicted molar refractivity (Wildman–Crippen MR) is 137 cm³/mol. The second kappa shape index (κ2) is 12.6. The standard InChI is InChI=1S/C26H37N3O4S/c1-6-20(3)27-26(31)21(4)28(18-17-23-11-9-8-10-12-23)25(30)19-29(34(5,32)33)24-15-13-22(7-2)14-16-24/h8-16,20-21H,6-7,17-19H2,1-5H3,(H,27,31)/t20-,21-/m1/s1. The van der Waals surface area contributed by atoms with Crippen molar-refractivity contribution >= 4 is 27.5 Å². The monoisotopic (exact) mass is 487 g/mol. The van der Waals surface area contributed by atoms with E-state index in [9.17, 15) is 18.0 Å². The van der Waals surface area contributed by atoms with Crippen molar-refractivity contribution in [3.63, 3.8) is 0 Å². The van der Waals surface area contributed by atoms with Crippen LogP contribution in [0, 0.1) is 0 Å². The molecule has 2 rings (SSSR count). The first-order valence-electron chi connectivity index (χ1n) is 11.8. The molecule has 0 heterocycles. The SMILES string of the molecule is CCc1ccc(N(CC(=O)N(CCc2ccccc2)[C@H](C)C(=O)N[C@H](C)CC)S(C)(=O)=O)cc1.